The molecule has 0 bridgehead atoms. The smallest absolute Gasteiger partial charge is 0.233 e. The first-order valence-electron chi connectivity index (χ1n) is 29.7. The molecule has 0 saturated heterocycles. The number of unbranched alkanes of at least 4 members (excludes halogenated alkanes) is 3. The monoisotopic (exact) mass is 1230 g/mol. The van der Waals surface area contributed by atoms with E-state index >= 15 is 0 Å². The molecule has 0 amide bonds. The average molecular weight is 1230 g/mol. The number of rotatable bonds is 21. The van der Waals surface area contributed by atoms with E-state index in [0.717, 1.165) is 53.6 Å². The van der Waals surface area contributed by atoms with Crippen LogP contribution in [0.4, 0.5) is 64.1 Å². The SMILES string of the molecule is Cc1cc(Nc2nc(NCCCCCCNc3nc(Nc4cc(C)cc(-n5nc6ccccc6n5)c4O)nc(Nc4cc(C)cc(-n5nc6ccccc6n5)c4O)n3)nc(Nc3cc(C)cc(-n4nc5ccccc5n4)c3O)n2)c(O)c(N2N=C3C=CC=CC3N2)c1. The van der Waals surface area contributed by atoms with Gasteiger partial charge in [-0.2, -0.15) is 45.5 Å². The number of allylic oxidation sites excluding steroid dienone is 2. The van der Waals surface area contributed by atoms with Crippen molar-refractivity contribution in [1.29, 1.82) is 0 Å². The summed E-state index contributed by atoms with van der Waals surface area (Å²) >= 11 is 0. The average Bonchev–Trinajstić information content (AvgIpc) is 1.54. The lowest BCUT2D eigenvalue weighted by Gasteiger charge is -2.20. The number of hydrogen-bond donors (Lipinski definition) is 11. The number of aromatic nitrogens is 15. The van der Waals surface area contributed by atoms with Gasteiger partial charge in [-0.3, -0.25) is 0 Å². The third-order valence-electron chi connectivity index (χ3n) is 15.1. The van der Waals surface area contributed by atoms with E-state index in [-0.39, 0.29) is 64.7 Å². The molecule has 1 aliphatic carbocycles. The van der Waals surface area contributed by atoms with Gasteiger partial charge in [0.05, 0.1) is 34.5 Å². The van der Waals surface area contributed by atoms with Crippen molar-refractivity contribution >= 4 is 103 Å². The van der Waals surface area contributed by atoms with Crippen LogP contribution in [0.1, 0.15) is 47.9 Å². The minimum Gasteiger partial charge on any atom is -0.504 e. The first-order chi connectivity index (χ1) is 44.8. The Kier molecular flexibility index (Phi) is 15.2. The topological polar surface area (TPSA) is 350 Å². The van der Waals surface area contributed by atoms with Gasteiger partial charge in [0.15, 0.2) is 23.0 Å². The molecule has 1 atom stereocenters. The fourth-order valence-electron chi connectivity index (χ4n) is 10.7. The normalized spacial score (nSPS) is 13.5. The van der Waals surface area contributed by atoms with Crippen LogP contribution in [0.5, 0.6) is 23.0 Å². The lowest BCUT2D eigenvalue weighted by molar-refractivity contribution is 0.469. The second kappa shape index (κ2) is 24.3. The van der Waals surface area contributed by atoms with Crippen LogP contribution in [0.25, 0.3) is 50.2 Å². The second-order valence-corrected chi connectivity index (χ2v) is 22.2. The Morgan fingerprint density at radius 2 is 0.707 bits per heavy atom. The number of hydrazine groups is 1. The number of anilines is 11. The maximum absolute atomic E-state index is 11.8. The maximum atomic E-state index is 11.8. The molecule has 460 valence electrons. The van der Waals surface area contributed by atoms with E-state index in [0.29, 0.717) is 91.7 Å². The van der Waals surface area contributed by atoms with Crippen molar-refractivity contribution in [2.24, 2.45) is 5.10 Å². The van der Waals surface area contributed by atoms with Crippen LogP contribution >= 0.6 is 0 Å². The Labute approximate surface area is 524 Å². The number of nitrogens with zero attached hydrogens (tertiary/aromatic N) is 17. The summed E-state index contributed by atoms with van der Waals surface area (Å²) < 4.78 is 0. The highest BCUT2D eigenvalue weighted by Gasteiger charge is 2.28. The number of aromatic hydroxyl groups is 4. The second-order valence-electron chi connectivity index (χ2n) is 22.2. The molecule has 11 N–H and O–H groups in total. The van der Waals surface area contributed by atoms with Gasteiger partial charge in [0, 0.05) is 13.1 Å². The van der Waals surface area contributed by atoms with Gasteiger partial charge in [0.2, 0.25) is 35.7 Å². The molecule has 28 nitrogen and oxygen atoms in total. The number of aryl methyl sites for hydroxylation is 4. The Hall–Kier alpha value is -12.3. The zero-order valence-electron chi connectivity index (χ0n) is 50.1. The summed E-state index contributed by atoms with van der Waals surface area (Å²) in [5.41, 5.74) is 14.0. The van der Waals surface area contributed by atoms with Crippen LogP contribution in [0.3, 0.4) is 0 Å². The number of hydrogen-bond acceptors (Lipinski definition) is 25. The minimum atomic E-state index is -0.143. The summed E-state index contributed by atoms with van der Waals surface area (Å²) in [6, 6.07) is 36.5. The van der Waals surface area contributed by atoms with Crippen molar-refractivity contribution in [2.75, 3.05) is 50.1 Å². The highest BCUT2D eigenvalue weighted by atomic mass is 16.3. The zero-order chi connectivity index (χ0) is 63.0. The molecule has 92 heavy (non-hydrogen) atoms. The third-order valence-corrected chi connectivity index (χ3v) is 15.1. The van der Waals surface area contributed by atoms with Crippen molar-refractivity contribution in [1.82, 2.24) is 80.3 Å². The van der Waals surface area contributed by atoms with Gasteiger partial charge >= 0.3 is 0 Å². The lowest BCUT2D eigenvalue weighted by Crippen LogP contribution is -2.37. The standard InChI is InChI=1S/C64H60N24O4/c1-35-27-47(55(89)51(31-35)85-77-39-17-7-8-18-40(39)78-85)67-61-71-59(72-62(75-61)68-48-28-36(2)32-52(56(48)90)86-79-41-19-9-10-20-42(41)80-86)65-25-15-5-6-16-26-66-60-73-63(69-49-29-37(3)33-53(57(49)91)87-81-43-21-11-12-22-44(43)82-87)76-64(74-60)70-50-30-38(4)34-54(58(50)92)88-83-45-23-13-14-24-46(45)84-88/h7-14,17-24,27-34,39,77,89-92H,5-6,15-16,25-26H2,1-4H3,(H3,65,67,68,71,72,75)(H3,66,69,70,73,74,76). The molecule has 1 unspecified atom stereocenters. The van der Waals surface area contributed by atoms with Gasteiger partial charge in [0.1, 0.15) is 55.8 Å². The van der Waals surface area contributed by atoms with Gasteiger partial charge in [-0.25, -0.2) is 0 Å². The molecular weight excluding hydrogens is 1170 g/mol. The molecule has 7 aromatic carbocycles. The molecule has 14 rings (SSSR count). The number of phenols is 4. The molecule has 0 spiro atoms. The lowest BCUT2D eigenvalue weighted by atomic mass is 10.1. The summed E-state index contributed by atoms with van der Waals surface area (Å²) in [6.07, 6.45) is 10.8. The van der Waals surface area contributed by atoms with Crippen LogP contribution in [0, 0.1) is 27.7 Å². The third kappa shape index (κ3) is 12.0. The molecule has 0 fully saturated rings. The van der Waals surface area contributed by atoms with Crippen molar-refractivity contribution < 1.29 is 20.4 Å². The zero-order valence-corrected chi connectivity index (χ0v) is 50.1. The van der Waals surface area contributed by atoms with E-state index in [1.807, 2.05) is 131 Å². The number of benzene rings is 7. The van der Waals surface area contributed by atoms with Crippen LogP contribution in [-0.2, 0) is 0 Å². The molecule has 2 aliphatic rings. The molecule has 0 saturated carbocycles. The number of hydrazone groups is 1. The van der Waals surface area contributed by atoms with E-state index in [9.17, 15) is 20.4 Å². The van der Waals surface area contributed by atoms with Crippen LogP contribution < -0.4 is 42.4 Å². The molecule has 28 heteroatoms. The van der Waals surface area contributed by atoms with Gasteiger partial charge in [-0.15, -0.1) is 45.0 Å². The van der Waals surface area contributed by atoms with E-state index in [1.54, 1.807) is 47.6 Å². The molecule has 0 radical (unpaired) electrons. The molecule has 5 aromatic heterocycles. The van der Waals surface area contributed by atoms with Crippen molar-refractivity contribution in [3.05, 3.63) is 168 Å². The minimum absolute atomic E-state index is 0.0901. The molecule has 6 heterocycles. The van der Waals surface area contributed by atoms with E-state index in [4.69, 9.17) is 35.0 Å². The van der Waals surface area contributed by atoms with Crippen LogP contribution in [0.15, 0.2) is 151 Å². The van der Waals surface area contributed by atoms with Gasteiger partial charge in [-0.05, 0) is 154 Å². The molecule has 12 aromatic rings. The van der Waals surface area contributed by atoms with Crippen LogP contribution in [-0.4, -0.2) is 120 Å². The Balaban J connectivity index is 0.680. The Morgan fingerprint density at radius 1 is 0.391 bits per heavy atom. The van der Waals surface area contributed by atoms with E-state index < -0.39 is 0 Å². The number of phenolic OH excluding ortho intramolecular Hbond substituents is 4. The molecular formula is C64H60N24O4. The number of nitrogens with one attached hydrogen (secondary N) is 7. The van der Waals surface area contributed by atoms with Gasteiger partial charge in [-0.1, -0.05) is 67.5 Å². The first-order valence-corrected chi connectivity index (χ1v) is 29.7. The summed E-state index contributed by atoms with van der Waals surface area (Å²) in [5, 5.41) is 100. The fourth-order valence-corrected chi connectivity index (χ4v) is 10.7. The summed E-state index contributed by atoms with van der Waals surface area (Å²) in [6.45, 7) is 8.56. The highest BCUT2D eigenvalue weighted by molar-refractivity contribution is 6.04. The summed E-state index contributed by atoms with van der Waals surface area (Å²) in [7, 11) is 0. The largest absolute Gasteiger partial charge is 0.504 e. The van der Waals surface area contributed by atoms with E-state index in [1.165, 1.54) is 14.4 Å². The first kappa shape index (κ1) is 57.4. The number of fused-ring (bicyclic) bond motifs is 4. The van der Waals surface area contributed by atoms with Crippen molar-refractivity contribution in [3.8, 4) is 40.1 Å². The fraction of sp³-hybridized carbons (Fsp3) is 0.172. The van der Waals surface area contributed by atoms with E-state index in [2.05, 4.69) is 67.9 Å². The Bertz CT molecular complexity index is 4670. The van der Waals surface area contributed by atoms with Crippen molar-refractivity contribution in [2.45, 2.75) is 59.4 Å². The van der Waals surface area contributed by atoms with Gasteiger partial charge < -0.3 is 52.3 Å². The predicted molar refractivity (Wildman–Crippen MR) is 352 cm³/mol. The van der Waals surface area contributed by atoms with Gasteiger partial charge in [0.25, 0.3) is 0 Å². The van der Waals surface area contributed by atoms with Crippen molar-refractivity contribution in [3.63, 3.8) is 0 Å². The van der Waals surface area contributed by atoms with Crippen LogP contribution in [0.2, 0.25) is 0 Å². The quantitative estimate of drug-likeness (QED) is 0.0235. The summed E-state index contributed by atoms with van der Waals surface area (Å²) in [4.78, 5) is 32.5. The maximum Gasteiger partial charge on any atom is 0.233 e. The summed E-state index contributed by atoms with van der Waals surface area (Å²) in [5.74, 6) is 0.351. The predicted octanol–water partition coefficient (Wildman–Crippen LogP) is 10.5. The molecule has 1 aliphatic heterocycles. The Morgan fingerprint density at radius 3 is 1.04 bits per heavy atom. The highest BCUT2D eigenvalue weighted by Crippen LogP contribution is 2.41.